The third kappa shape index (κ3) is 2.51. The van der Waals surface area contributed by atoms with Gasteiger partial charge in [0.15, 0.2) is 5.65 Å². The number of phenolic OH excluding ortho intramolecular Hbond substituents is 1. The van der Waals surface area contributed by atoms with Gasteiger partial charge in [-0.2, -0.15) is 0 Å². The van der Waals surface area contributed by atoms with Crippen molar-refractivity contribution in [2.24, 2.45) is 0 Å². The van der Waals surface area contributed by atoms with Crippen molar-refractivity contribution in [3.8, 4) is 21.9 Å². The summed E-state index contributed by atoms with van der Waals surface area (Å²) in [5, 5.41) is 13.5. The summed E-state index contributed by atoms with van der Waals surface area (Å²) in [4.78, 5) is 14.1. The Hall–Kier alpha value is -3.45. The van der Waals surface area contributed by atoms with E-state index in [2.05, 4.69) is 15.0 Å². The molecule has 5 aromatic rings. The van der Waals surface area contributed by atoms with Crippen LogP contribution < -0.4 is 5.73 Å². The van der Waals surface area contributed by atoms with E-state index >= 15 is 0 Å². The molecule has 4 heterocycles. The maximum atomic E-state index is 10.4. The molecule has 29 heavy (non-hydrogen) atoms. The van der Waals surface area contributed by atoms with Gasteiger partial charge in [0, 0.05) is 31.2 Å². The average Bonchev–Trinajstić information content (AvgIpc) is 3.37. The second-order valence-electron chi connectivity index (χ2n) is 6.90. The first-order chi connectivity index (χ1) is 15.2. The Kier molecular flexibility index (Phi) is 3.15. The molecule has 0 saturated heterocycles. The lowest BCUT2D eigenvalue weighted by Gasteiger charge is -2.14. The lowest BCUT2D eigenvalue weighted by molar-refractivity contribution is 0.470. The summed E-state index contributed by atoms with van der Waals surface area (Å²) in [6.07, 6.45) is 1.37. The fourth-order valence-electron chi connectivity index (χ4n) is 3.78. The van der Waals surface area contributed by atoms with Gasteiger partial charge in [-0.1, -0.05) is 12.1 Å². The molecule has 0 amide bonds. The number of phenols is 1. The standard InChI is InChI=1S/C22H19N5OS/c1-11-6-7-16(28)12(2)19(11)27-21-15(18-20(23)24-10-25-22(18)27)9-14(13(3)26-21)17-5-4-8-29-17/h4-10,28H,1-3H3,(H2,23,24,25)/i3D3. The van der Waals surface area contributed by atoms with Crippen molar-refractivity contribution in [3.05, 3.63) is 58.9 Å². The summed E-state index contributed by atoms with van der Waals surface area (Å²) in [6.45, 7) is 1.27. The zero-order chi connectivity index (χ0) is 22.8. The summed E-state index contributed by atoms with van der Waals surface area (Å²) in [5.41, 5.74) is 9.86. The highest BCUT2D eigenvalue weighted by molar-refractivity contribution is 7.13. The highest BCUT2D eigenvalue weighted by Crippen LogP contribution is 2.39. The number of benzene rings is 1. The average molecular weight is 405 g/mol. The van der Waals surface area contributed by atoms with E-state index in [1.54, 1.807) is 23.6 Å². The maximum absolute atomic E-state index is 10.4. The van der Waals surface area contributed by atoms with Gasteiger partial charge < -0.3 is 10.8 Å². The highest BCUT2D eigenvalue weighted by atomic mass is 32.1. The van der Waals surface area contributed by atoms with Gasteiger partial charge in [0.25, 0.3) is 0 Å². The Bertz CT molecular complexity index is 1510. The number of hydrogen-bond acceptors (Lipinski definition) is 6. The molecule has 6 nitrogen and oxygen atoms in total. The summed E-state index contributed by atoms with van der Waals surface area (Å²) in [7, 11) is 0. The Balaban J connectivity index is 2.03. The molecule has 0 unspecified atom stereocenters. The Morgan fingerprint density at radius 1 is 1.17 bits per heavy atom. The van der Waals surface area contributed by atoms with Crippen LogP contribution in [0.1, 0.15) is 20.9 Å². The van der Waals surface area contributed by atoms with Crippen LogP contribution in [0.15, 0.2) is 42.0 Å². The lowest BCUT2D eigenvalue weighted by atomic mass is 10.1. The topological polar surface area (TPSA) is 89.9 Å². The van der Waals surface area contributed by atoms with Crippen LogP contribution in [0.25, 0.3) is 38.2 Å². The second kappa shape index (κ2) is 6.28. The van der Waals surface area contributed by atoms with Crippen LogP contribution >= 0.6 is 11.3 Å². The number of fused-ring (bicyclic) bond motifs is 3. The van der Waals surface area contributed by atoms with E-state index in [-0.39, 0.29) is 17.3 Å². The van der Waals surface area contributed by atoms with Crippen molar-refractivity contribution in [2.45, 2.75) is 20.7 Å². The minimum atomic E-state index is -2.44. The first-order valence-corrected chi connectivity index (χ1v) is 9.86. The zero-order valence-electron chi connectivity index (χ0n) is 18.8. The van der Waals surface area contributed by atoms with Gasteiger partial charge in [0.1, 0.15) is 23.5 Å². The predicted octanol–water partition coefficient (Wildman–Crippen LogP) is 4.91. The van der Waals surface area contributed by atoms with Gasteiger partial charge >= 0.3 is 0 Å². The van der Waals surface area contributed by atoms with Gasteiger partial charge in [0.2, 0.25) is 0 Å². The molecule has 1 aromatic carbocycles. The summed E-state index contributed by atoms with van der Waals surface area (Å²) < 4.78 is 26.2. The molecule has 7 heteroatoms. The Morgan fingerprint density at radius 3 is 2.79 bits per heavy atom. The number of nitrogens with two attached hydrogens (primary N) is 1. The van der Waals surface area contributed by atoms with Crippen molar-refractivity contribution in [1.82, 2.24) is 19.5 Å². The molecule has 0 aliphatic carbocycles. The monoisotopic (exact) mass is 404 g/mol. The van der Waals surface area contributed by atoms with Crippen molar-refractivity contribution in [1.29, 1.82) is 0 Å². The SMILES string of the molecule is [2H]C([2H])([2H])c1nc2c(cc1-c1cccs1)c1c(N)ncnc1n2-c1c(C)ccc(O)c1C. The van der Waals surface area contributed by atoms with Crippen LogP contribution in [0.4, 0.5) is 5.82 Å². The van der Waals surface area contributed by atoms with E-state index in [1.807, 2.05) is 30.5 Å². The van der Waals surface area contributed by atoms with Crippen LogP contribution in [-0.2, 0) is 0 Å². The van der Waals surface area contributed by atoms with Gasteiger partial charge in [-0.05, 0) is 49.8 Å². The third-order valence-electron chi connectivity index (χ3n) is 5.17. The number of hydrogen-bond donors (Lipinski definition) is 2. The van der Waals surface area contributed by atoms with Gasteiger partial charge in [0.05, 0.1) is 11.1 Å². The molecule has 0 aliphatic rings. The number of nitrogen functional groups attached to an aromatic ring is 1. The molecule has 0 saturated carbocycles. The van der Waals surface area contributed by atoms with Crippen LogP contribution in [0, 0.1) is 20.7 Å². The van der Waals surface area contributed by atoms with Crippen LogP contribution in [-0.4, -0.2) is 24.6 Å². The Labute approximate surface area is 175 Å². The van der Waals surface area contributed by atoms with Crippen molar-refractivity contribution in [2.75, 3.05) is 5.73 Å². The minimum Gasteiger partial charge on any atom is -0.508 e. The van der Waals surface area contributed by atoms with Gasteiger partial charge in [-0.25, -0.2) is 15.0 Å². The van der Waals surface area contributed by atoms with Crippen LogP contribution in [0.3, 0.4) is 0 Å². The number of nitrogens with zero attached hydrogens (tertiary/aromatic N) is 4. The maximum Gasteiger partial charge on any atom is 0.152 e. The zero-order valence-corrected chi connectivity index (χ0v) is 16.6. The molecular formula is C22H19N5OS. The number of pyridine rings is 1. The second-order valence-corrected chi connectivity index (χ2v) is 7.85. The normalized spacial score (nSPS) is 13.5. The summed E-state index contributed by atoms with van der Waals surface area (Å²) >= 11 is 1.44. The predicted molar refractivity (Wildman–Crippen MR) is 118 cm³/mol. The van der Waals surface area contributed by atoms with E-state index in [4.69, 9.17) is 9.85 Å². The van der Waals surface area contributed by atoms with Crippen molar-refractivity contribution < 1.29 is 9.22 Å². The number of thiophene rings is 1. The highest BCUT2D eigenvalue weighted by Gasteiger charge is 2.22. The molecule has 0 bridgehead atoms. The van der Waals surface area contributed by atoms with E-state index in [0.717, 1.165) is 10.4 Å². The third-order valence-corrected chi connectivity index (χ3v) is 6.07. The molecule has 144 valence electrons. The molecule has 0 radical (unpaired) electrons. The smallest absolute Gasteiger partial charge is 0.152 e. The first-order valence-electron chi connectivity index (χ1n) is 10.5. The minimum absolute atomic E-state index is 0.00139. The molecule has 0 spiro atoms. The number of rotatable bonds is 2. The van der Waals surface area contributed by atoms with E-state index in [1.165, 1.54) is 17.7 Å². The number of aromatic hydroxyl groups is 1. The van der Waals surface area contributed by atoms with Crippen molar-refractivity contribution >= 4 is 39.2 Å². The molecular weight excluding hydrogens is 382 g/mol. The van der Waals surface area contributed by atoms with E-state index in [9.17, 15) is 5.11 Å². The largest absolute Gasteiger partial charge is 0.508 e. The fourth-order valence-corrected chi connectivity index (χ4v) is 4.52. The number of aryl methyl sites for hydroxylation is 2. The fraction of sp³-hybridized carbons (Fsp3) is 0.136. The molecule has 5 rings (SSSR count). The molecule has 0 atom stereocenters. The quantitative estimate of drug-likeness (QED) is 0.436. The number of anilines is 1. The van der Waals surface area contributed by atoms with Crippen molar-refractivity contribution in [3.63, 3.8) is 0 Å². The molecule has 0 aliphatic heterocycles. The molecule has 3 N–H and O–H groups in total. The van der Waals surface area contributed by atoms with Crippen LogP contribution in [0.5, 0.6) is 5.75 Å². The van der Waals surface area contributed by atoms with Gasteiger partial charge in [-0.15, -0.1) is 11.3 Å². The Morgan fingerprint density at radius 2 is 2.03 bits per heavy atom. The lowest BCUT2D eigenvalue weighted by Crippen LogP contribution is -2.03. The van der Waals surface area contributed by atoms with E-state index < -0.39 is 6.85 Å². The summed E-state index contributed by atoms with van der Waals surface area (Å²) in [5.74, 6) is 0.392. The van der Waals surface area contributed by atoms with Gasteiger partial charge in [-0.3, -0.25) is 4.57 Å². The summed E-state index contributed by atoms with van der Waals surface area (Å²) in [6, 6.07) is 8.97. The van der Waals surface area contributed by atoms with E-state index in [0.29, 0.717) is 38.9 Å². The molecule has 0 fully saturated rings. The van der Waals surface area contributed by atoms with Crippen LogP contribution in [0.2, 0.25) is 0 Å². The molecule has 4 aromatic heterocycles. The number of aromatic nitrogens is 4. The first kappa shape index (κ1) is 14.5.